The summed E-state index contributed by atoms with van der Waals surface area (Å²) in [5.41, 5.74) is 3.74. The van der Waals surface area contributed by atoms with E-state index in [4.69, 9.17) is 14.2 Å². The van der Waals surface area contributed by atoms with Crippen LogP contribution in [0.15, 0.2) is 48.7 Å². The summed E-state index contributed by atoms with van der Waals surface area (Å²) in [5, 5.41) is 0. The van der Waals surface area contributed by atoms with Crippen molar-refractivity contribution in [3.05, 3.63) is 77.0 Å². The third kappa shape index (κ3) is 5.84. The van der Waals surface area contributed by atoms with Gasteiger partial charge in [-0.1, -0.05) is 50.6 Å². The van der Waals surface area contributed by atoms with E-state index in [1.54, 1.807) is 24.3 Å². The number of ether oxygens (including phenoxy) is 3. The lowest BCUT2D eigenvalue weighted by molar-refractivity contribution is -0.141. The SMILES string of the molecule is COC(=O)C[C@H](c1cccc(OCc2ccc(-c3cc(OC)ncc3F)c([C@@H]3CCCC3(C)C)c2)c1F)C1CC1. The number of halogens is 2. The van der Waals surface area contributed by atoms with E-state index in [1.807, 2.05) is 12.1 Å². The van der Waals surface area contributed by atoms with Crippen LogP contribution in [-0.2, 0) is 16.1 Å². The van der Waals surface area contributed by atoms with Gasteiger partial charge in [0.15, 0.2) is 11.6 Å². The average Bonchev–Trinajstić information content (AvgIpc) is 3.73. The molecule has 0 bridgehead atoms. The van der Waals surface area contributed by atoms with Gasteiger partial charge < -0.3 is 14.2 Å². The average molecular weight is 550 g/mol. The highest BCUT2D eigenvalue weighted by atomic mass is 19.1. The first kappa shape index (κ1) is 28.1. The fourth-order valence-electron chi connectivity index (χ4n) is 6.26. The van der Waals surface area contributed by atoms with Gasteiger partial charge in [-0.3, -0.25) is 4.79 Å². The summed E-state index contributed by atoms with van der Waals surface area (Å²) in [5.74, 6) is -0.370. The number of carbonyl (C=O) groups excluding carboxylic acids is 1. The second-order valence-corrected chi connectivity index (χ2v) is 11.7. The van der Waals surface area contributed by atoms with E-state index in [0.717, 1.165) is 48.8 Å². The molecule has 1 heterocycles. The number of rotatable bonds is 10. The number of methoxy groups -OCH3 is 2. The molecule has 40 heavy (non-hydrogen) atoms. The molecular formula is C33H37F2NO4. The van der Waals surface area contributed by atoms with Crippen LogP contribution in [0.3, 0.4) is 0 Å². The molecule has 0 radical (unpaired) electrons. The Kier molecular flexibility index (Phi) is 8.11. The summed E-state index contributed by atoms with van der Waals surface area (Å²) < 4.78 is 46.8. The number of carbonyl (C=O) groups is 1. The molecular weight excluding hydrogens is 512 g/mol. The van der Waals surface area contributed by atoms with Gasteiger partial charge in [0.2, 0.25) is 5.88 Å². The van der Waals surface area contributed by atoms with Crippen molar-refractivity contribution in [2.24, 2.45) is 11.3 Å². The zero-order chi connectivity index (χ0) is 28.4. The number of pyridine rings is 1. The fraction of sp³-hybridized carbons (Fsp3) is 0.455. The van der Waals surface area contributed by atoms with E-state index in [0.29, 0.717) is 17.0 Å². The summed E-state index contributed by atoms with van der Waals surface area (Å²) in [6.45, 7) is 4.67. The van der Waals surface area contributed by atoms with Crippen molar-refractivity contribution >= 4 is 5.97 Å². The van der Waals surface area contributed by atoms with Crippen LogP contribution in [0.2, 0.25) is 0 Å². The third-order valence-corrected chi connectivity index (χ3v) is 8.67. The highest BCUT2D eigenvalue weighted by Gasteiger charge is 2.38. The molecule has 5 rings (SSSR count). The summed E-state index contributed by atoms with van der Waals surface area (Å²) in [7, 11) is 2.87. The Morgan fingerprint density at radius 3 is 2.55 bits per heavy atom. The molecule has 3 aromatic rings. The molecule has 0 spiro atoms. The number of hydrogen-bond donors (Lipinski definition) is 0. The van der Waals surface area contributed by atoms with Crippen LogP contribution in [0, 0.1) is 23.0 Å². The molecule has 5 nitrogen and oxygen atoms in total. The molecule has 7 heteroatoms. The normalized spacial score (nSPS) is 18.8. The molecule has 0 amide bonds. The highest BCUT2D eigenvalue weighted by molar-refractivity contribution is 5.71. The van der Waals surface area contributed by atoms with E-state index in [2.05, 4.69) is 24.9 Å². The van der Waals surface area contributed by atoms with Crippen LogP contribution in [-0.4, -0.2) is 25.2 Å². The van der Waals surface area contributed by atoms with Gasteiger partial charge in [0.05, 0.1) is 26.8 Å². The Bertz CT molecular complexity index is 1380. The molecule has 2 fully saturated rings. The van der Waals surface area contributed by atoms with Gasteiger partial charge in [0, 0.05) is 17.5 Å². The van der Waals surface area contributed by atoms with Crippen molar-refractivity contribution in [2.75, 3.05) is 14.2 Å². The van der Waals surface area contributed by atoms with Crippen molar-refractivity contribution in [3.63, 3.8) is 0 Å². The third-order valence-electron chi connectivity index (χ3n) is 8.67. The van der Waals surface area contributed by atoms with Crippen molar-refractivity contribution in [3.8, 4) is 22.8 Å². The van der Waals surface area contributed by atoms with E-state index in [9.17, 15) is 4.79 Å². The van der Waals surface area contributed by atoms with Gasteiger partial charge in [-0.05, 0) is 71.3 Å². The predicted octanol–water partition coefficient (Wildman–Crippen LogP) is 7.96. The Morgan fingerprint density at radius 2 is 1.88 bits per heavy atom. The maximum absolute atomic E-state index is 15.7. The van der Waals surface area contributed by atoms with Gasteiger partial charge in [0.25, 0.3) is 0 Å². The minimum Gasteiger partial charge on any atom is -0.486 e. The first-order valence-electron chi connectivity index (χ1n) is 14.0. The highest BCUT2D eigenvalue weighted by Crippen LogP contribution is 2.51. The quantitative estimate of drug-likeness (QED) is 0.240. The van der Waals surface area contributed by atoms with Crippen LogP contribution in [0.25, 0.3) is 11.1 Å². The Labute approximate surface area is 234 Å². The van der Waals surface area contributed by atoms with Gasteiger partial charge in [-0.2, -0.15) is 0 Å². The Morgan fingerprint density at radius 1 is 1.07 bits per heavy atom. The van der Waals surface area contributed by atoms with Crippen molar-refractivity contribution < 1.29 is 27.8 Å². The molecule has 2 aromatic carbocycles. The van der Waals surface area contributed by atoms with Crippen molar-refractivity contribution in [2.45, 2.75) is 70.8 Å². The lowest BCUT2D eigenvalue weighted by Gasteiger charge is -2.30. The lowest BCUT2D eigenvalue weighted by Crippen LogP contribution is -2.17. The summed E-state index contributed by atoms with van der Waals surface area (Å²) in [6.07, 6.45) is 6.50. The van der Waals surface area contributed by atoms with E-state index >= 15 is 8.78 Å². The van der Waals surface area contributed by atoms with Gasteiger partial charge in [-0.25, -0.2) is 13.8 Å². The fourth-order valence-corrected chi connectivity index (χ4v) is 6.26. The summed E-state index contributed by atoms with van der Waals surface area (Å²) >= 11 is 0. The topological polar surface area (TPSA) is 57.7 Å². The zero-order valence-corrected chi connectivity index (χ0v) is 23.6. The number of nitrogens with zero attached hydrogens (tertiary/aromatic N) is 1. The van der Waals surface area contributed by atoms with E-state index in [-0.39, 0.29) is 47.9 Å². The first-order chi connectivity index (χ1) is 19.2. The maximum atomic E-state index is 15.7. The molecule has 0 aliphatic heterocycles. The Hall–Kier alpha value is -3.48. The lowest BCUT2D eigenvalue weighted by atomic mass is 9.75. The van der Waals surface area contributed by atoms with Crippen molar-refractivity contribution in [1.29, 1.82) is 0 Å². The van der Waals surface area contributed by atoms with Gasteiger partial charge in [0.1, 0.15) is 12.4 Å². The Balaban J connectivity index is 1.45. The van der Waals surface area contributed by atoms with Crippen LogP contribution in [0.5, 0.6) is 11.6 Å². The summed E-state index contributed by atoms with van der Waals surface area (Å²) in [6, 6.07) is 12.7. The molecule has 0 unspecified atom stereocenters. The first-order valence-corrected chi connectivity index (χ1v) is 14.0. The largest absolute Gasteiger partial charge is 0.486 e. The van der Waals surface area contributed by atoms with Gasteiger partial charge >= 0.3 is 5.97 Å². The van der Waals surface area contributed by atoms with Crippen LogP contribution in [0.1, 0.15) is 80.9 Å². The standard InChI is InChI=1S/C33H37F2NO4/c1-33(2)14-6-8-27(33)25-15-20(10-13-22(25)26-16-30(38-3)36-18-28(26)34)19-40-29-9-5-7-23(32(29)35)24(21-11-12-21)17-31(37)39-4/h5,7,9-10,13,15-16,18,21,24,27H,6,8,11-12,14,17,19H2,1-4H3/t24-,27-/m0/s1. The monoisotopic (exact) mass is 549 g/mol. The van der Waals surface area contributed by atoms with Gasteiger partial charge in [-0.15, -0.1) is 0 Å². The predicted molar refractivity (Wildman–Crippen MR) is 149 cm³/mol. The van der Waals surface area contributed by atoms with Crippen LogP contribution >= 0.6 is 0 Å². The molecule has 0 saturated heterocycles. The van der Waals surface area contributed by atoms with E-state index < -0.39 is 11.6 Å². The number of esters is 1. The smallest absolute Gasteiger partial charge is 0.306 e. The number of hydrogen-bond acceptors (Lipinski definition) is 5. The number of aromatic nitrogens is 1. The molecule has 2 saturated carbocycles. The van der Waals surface area contributed by atoms with Crippen LogP contribution in [0.4, 0.5) is 8.78 Å². The second kappa shape index (κ2) is 11.6. The minimum absolute atomic E-state index is 0.0553. The molecule has 2 aliphatic carbocycles. The van der Waals surface area contributed by atoms with Crippen LogP contribution < -0.4 is 9.47 Å². The molecule has 2 atom stereocenters. The molecule has 212 valence electrons. The molecule has 2 aliphatic rings. The maximum Gasteiger partial charge on any atom is 0.306 e. The number of benzene rings is 2. The molecule has 0 N–H and O–H groups in total. The van der Waals surface area contributed by atoms with Crippen molar-refractivity contribution in [1.82, 2.24) is 4.98 Å². The summed E-state index contributed by atoms with van der Waals surface area (Å²) in [4.78, 5) is 16.0. The zero-order valence-electron chi connectivity index (χ0n) is 23.6. The second-order valence-electron chi connectivity index (χ2n) is 11.7. The molecule has 1 aromatic heterocycles. The van der Waals surface area contributed by atoms with E-state index in [1.165, 1.54) is 20.4 Å². The minimum atomic E-state index is -0.428.